The van der Waals surface area contributed by atoms with Crippen molar-refractivity contribution in [1.29, 1.82) is 0 Å². The first-order valence-corrected chi connectivity index (χ1v) is 8.82. The van der Waals surface area contributed by atoms with Gasteiger partial charge in [0.1, 0.15) is 5.82 Å². The molecule has 4 heteroatoms. The number of anilines is 1. The van der Waals surface area contributed by atoms with Crippen LogP contribution in [-0.2, 0) is 6.42 Å². The van der Waals surface area contributed by atoms with Crippen LogP contribution in [0.15, 0.2) is 79.0 Å². The largest absolute Gasteiger partial charge is 0.364 e. The second-order valence-corrected chi connectivity index (χ2v) is 6.20. The van der Waals surface area contributed by atoms with Gasteiger partial charge in [-0.05, 0) is 36.6 Å². The van der Waals surface area contributed by atoms with E-state index in [1.54, 1.807) is 18.3 Å². The number of rotatable bonds is 7. The standard InChI is InChI=1S/C22H23N3O/c1-17(19-10-6-3-7-11-19)25-21-16-20(13-15-23-21)22(26)24-14-12-18-8-4-2-5-9-18/h2-11,13,15-17H,12,14H2,1H3,(H,23,25)(H,24,26). The summed E-state index contributed by atoms with van der Waals surface area (Å²) in [6.45, 7) is 2.68. The van der Waals surface area contributed by atoms with E-state index >= 15 is 0 Å². The Kier molecular flexibility index (Phi) is 5.99. The van der Waals surface area contributed by atoms with E-state index in [1.165, 1.54) is 11.1 Å². The van der Waals surface area contributed by atoms with Crippen LogP contribution < -0.4 is 10.6 Å². The molecule has 2 aromatic carbocycles. The number of hydrogen-bond donors (Lipinski definition) is 2. The molecule has 2 N–H and O–H groups in total. The fourth-order valence-corrected chi connectivity index (χ4v) is 2.76. The van der Waals surface area contributed by atoms with Gasteiger partial charge in [-0.3, -0.25) is 4.79 Å². The van der Waals surface area contributed by atoms with Gasteiger partial charge in [0.05, 0.1) is 0 Å². The molecule has 0 saturated carbocycles. The summed E-state index contributed by atoms with van der Waals surface area (Å²) in [4.78, 5) is 16.7. The fraction of sp³-hybridized carbons (Fsp3) is 0.182. The van der Waals surface area contributed by atoms with Crippen LogP contribution in [0, 0.1) is 0 Å². The molecule has 1 atom stereocenters. The van der Waals surface area contributed by atoms with Crippen LogP contribution in [0.2, 0.25) is 0 Å². The molecular formula is C22H23N3O. The molecule has 0 aliphatic rings. The van der Waals surface area contributed by atoms with E-state index in [2.05, 4.69) is 46.8 Å². The van der Waals surface area contributed by atoms with Crippen LogP contribution in [-0.4, -0.2) is 17.4 Å². The van der Waals surface area contributed by atoms with Crippen LogP contribution in [0.3, 0.4) is 0 Å². The summed E-state index contributed by atoms with van der Waals surface area (Å²) in [5, 5.41) is 6.31. The number of aromatic nitrogens is 1. The van der Waals surface area contributed by atoms with E-state index in [9.17, 15) is 4.79 Å². The first-order chi connectivity index (χ1) is 12.7. The maximum absolute atomic E-state index is 12.4. The minimum Gasteiger partial charge on any atom is -0.364 e. The Morgan fingerprint density at radius 3 is 2.42 bits per heavy atom. The Morgan fingerprint density at radius 2 is 1.69 bits per heavy atom. The lowest BCUT2D eigenvalue weighted by atomic mass is 10.1. The summed E-state index contributed by atoms with van der Waals surface area (Å²) >= 11 is 0. The van der Waals surface area contributed by atoms with E-state index in [0.717, 1.165) is 6.42 Å². The van der Waals surface area contributed by atoms with Crippen molar-refractivity contribution < 1.29 is 4.79 Å². The van der Waals surface area contributed by atoms with E-state index < -0.39 is 0 Å². The lowest BCUT2D eigenvalue weighted by molar-refractivity contribution is 0.0954. The highest BCUT2D eigenvalue weighted by Crippen LogP contribution is 2.18. The predicted octanol–water partition coefficient (Wildman–Crippen LogP) is 4.23. The normalized spacial score (nSPS) is 11.6. The van der Waals surface area contributed by atoms with Crippen molar-refractivity contribution >= 4 is 11.7 Å². The van der Waals surface area contributed by atoms with Crippen molar-refractivity contribution in [2.75, 3.05) is 11.9 Å². The highest BCUT2D eigenvalue weighted by molar-refractivity contribution is 5.94. The first kappa shape index (κ1) is 17.7. The highest BCUT2D eigenvalue weighted by atomic mass is 16.1. The van der Waals surface area contributed by atoms with Crippen molar-refractivity contribution in [2.45, 2.75) is 19.4 Å². The number of carbonyl (C=O) groups is 1. The van der Waals surface area contributed by atoms with Gasteiger partial charge in [-0.2, -0.15) is 0 Å². The second-order valence-electron chi connectivity index (χ2n) is 6.20. The van der Waals surface area contributed by atoms with Crippen LogP contribution in [0.25, 0.3) is 0 Å². The predicted molar refractivity (Wildman–Crippen MR) is 105 cm³/mol. The van der Waals surface area contributed by atoms with Gasteiger partial charge in [0.2, 0.25) is 0 Å². The maximum Gasteiger partial charge on any atom is 0.251 e. The van der Waals surface area contributed by atoms with Gasteiger partial charge in [-0.1, -0.05) is 60.7 Å². The number of pyridine rings is 1. The fourth-order valence-electron chi connectivity index (χ4n) is 2.76. The van der Waals surface area contributed by atoms with E-state index in [-0.39, 0.29) is 11.9 Å². The third kappa shape index (κ3) is 4.93. The zero-order chi connectivity index (χ0) is 18.2. The minimum atomic E-state index is -0.0845. The molecular weight excluding hydrogens is 322 g/mol. The number of amides is 1. The molecule has 3 rings (SSSR count). The molecule has 0 aliphatic carbocycles. The summed E-state index contributed by atoms with van der Waals surface area (Å²) in [5.74, 6) is 0.607. The average Bonchev–Trinajstić information content (AvgIpc) is 2.69. The van der Waals surface area contributed by atoms with Crippen molar-refractivity contribution in [3.8, 4) is 0 Å². The molecule has 1 heterocycles. The third-order valence-corrected chi connectivity index (χ3v) is 4.23. The zero-order valence-electron chi connectivity index (χ0n) is 14.9. The minimum absolute atomic E-state index is 0.0845. The summed E-state index contributed by atoms with van der Waals surface area (Å²) in [6, 6.07) is 23.9. The Bertz CT molecular complexity index is 834. The number of benzene rings is 2. The quantitative estimate of drug-likeness (QED) is 0.674. The molecule has 4 nitrogen and oxygen atoms in total. The smallest absolute Gasteiger partial charge is 0.251 e. The van der Waals surface area contributed by atoms with Gasteiger partial charge >= 0.3 is 0 Å². The van der Waals surface area contributed by atoms with E-state index in [1.807, 2.05) is 36.4 Å². The second kappa shape index (κ2) is 8.81. The van der Waals surface area contributed by atoms with Gasteiger partial charge in [0.25, 0.3) is 5.91 Å². The van der Waals surface area contributed by atoms with Gasteiger partial charge in [0.15, 0.2) is 0 Å². The molecule has 3 aromatic rings. The van der Waals surface area contributed by atoms with Crippen LogP contribution in [0.5, 0.6) is 0 Å². The van der Waals surface area contributed by atoms with Crippen LogP contribution in [0.4, 0.5) is 5.82 Å². The summed E-state index contributed by atoms with van der Waals surface area (Å²) < 4.78 is 0. The molecule has 0 aliphatic heterocycles. The van der Waals surface area contributed by atoms with E-state index in [4.69, 9.17) is 0 Å². The lowest BCUT2D eigenvalue weighted by Gasteiger charge is -2.15. The molecule has 1 amide bonds. The van der Waals surface area contributed by atoms with E-state index in [0.29, 0.717) is 17.9 Å². The number of nitrogens with one attached hydrogen (secondary N) is 2. The Labute approximate surface area is 154 Å². The molecule has 132 valence electrons. The molecule has 0 saturated heterocycles. The summed E-state index contributed by atoms with van der Waals surface area (Å²) in [7, 11) is 0. The maximum atomic E-state index is 12.4. The SMILES string of the molecule is CC(Nc1cc(C(=O)NCCc2ccccc2)ccn1)c1ccccc1. The molecule has 1 unspecified atom stereocenters. The topological polar surface area (TPSA) is 54.0 Å². The molecule has 26 heavy (non-hydrogen) atoms. The number of nitrogens with zero attached hydrogens (tertiary/aromatic N) is 1. The summed E-state index contributed by atoms with van der Waals surface area (Å²) in [5.41, 5.74) is 2.99. The van der Waals surface area contributed by atoms with Crippen molar-refractivity contribution in [2.24, 2.45) is 0 Å². The van der Waals surface area contributed by atoms with Gasteiger partial charge in [-0.15, -0.1) is 0 Å². The van der Waals surface area contributed by atoms with Gasteiger partial charge in [0, 0.05) is 24.3 Å². The molecule has 0 fully saturated rings. The van der Waals surface area contributed by atoms with Crippen molar-refractivity contribution in [1.82, 2.24) is 10.3 Å². The Morgan fingerprint density at radius 1 is 1.00 bits per heavy atom. The number of hydrogen-bond acceptors (Lipinski definition) is 3. The highest BCUT2D eigenvalue weighted by Gasteiger charge is 2.09. The Hall–Kier alpha value is -3.14. The van der Waals surface area contributed by atoms with Crippen molar-refractivity contribution in [3.05, 3.63) is 95.7 Å². The zero-order valence-corrected chi connectivity index (χ0v) is 14.9. The molecule has 0 radical (unpaired) electrons. The molecule has 0 spiro atoms. The van der Waals surface area contributed by atoms with Crippen molar-refractivity contribution in [3.63, 3.8) is 0 Å². The number of carbonyl (C=O) groups excluding carboxylic acids is 1. The van der Waals surface area contributed by atoms with Gasteiger partial charge < -0.3 is 10.6 Å². The monoisotopic (exact) mass is 345 g/mol. The van der Waals surface area contributed by atoms with Gasteiger partial charge in [-0.25, -0.2) is 4.98 Å². The van der Waals surface area contributed by atoms with Crippen LogP contribution >= 0.6 is 0 Å². The lowest BCUT2D eigenvalue weighted by Crippen LogP contribution is -2.25. The van der Waals surface area contributed by atoms with Crippen LogP contribution in [0.1, 0.15) is 34.5 Å². The Balaban J connectivity index is 1.57. The third-order valence-electron chi connectivity index (χ3n) is 4.23. The average molecular weight is 345 g/mol. The summed E-state index contributed by atoms with van der Waals surface area (Å²) in [6.07, 6.45) is 2.47. The molecule has 0 bridgehead atoms. The first-order valence-electron chi connectivity index (χ1n) is 8.82. The molecule has 1 aromatic heterocycles.